The highest BCUT2D eigenvalue weighted by Gasteiger charge is 2.22. The zero-order valence-corrected chi connectivity index (χ0v) is 16.6. The summed E-state index contributed by atoms with van der Waals surface area (Å²) in [7, 11) is 0. The summed E-state index contributed by atoms with van der Waals surface area (Å²) in [5.74, 6) is 0.524. The van der Waals surface area contributed by atoms with E-state index in [1.807, 2.05) is 32.0 Å². The molecular formula is C20H28N6O2. The van der Waals surface area contributed by atoms with Gasteiger partial charge in [-0.1, -0.05) is 6.07 Å². The number of carbonyl (C=O) groups excluding carboxylic acids is 2. The zero-order valence-electron chi connectivity index (χ0n) is 16.6. The molecule has 0 unspecified atom stereocenters. The number of nitrogens with one attached hydrogen (secondary N) is 2. The first kappa shape index (κ1) is 19.9. The molecule has 1 aliphatic rings. The Morgan fingerprint density at radius 2 is 2.04 bits per heavy atom. The molecule has 0 saturated carbocycles. The fraction of sp³-hybridized carbons (Fsp3) is 0.500. The second-order valence-electron chi connectivity index (χ2n) is 6.93. The minimum atomic E-state index is -0.158. The van der Waals surface area contributed by atoms with Crippen LogP contribution in [0.1, 0.15) is 41.5 Å². The molecule has 0 aromatic carbocycles. The Morgan fingerprint density at radius 1 is 1.21 bits per heavy atom. The van der Waals surface area contributed by atoms with Crippen molar-refractivity contribution in [2.45, 2.75) is 39.7 Å². The van der Waals surface area contributed by atoms with Gasteiger partial charge in [0.2, 0.25) is 5.91 Å². The Hall–Kier alpha value is -2.90. The monoisotopic (exact) mass is 384 g/mol. The summed E-state index contributed by atoms with van der Waals surface area (Å²) in [6, 6.07) is 5.93. The van der Waals surface area contributed by atoms with Gasteiger partial charge in [0.15, 0.2) is 0 Å². The number of aryl methyl sites for hydroxylation is 2. The van der Waals surface area contributed by atoms with Gasteiger partial charge < -0.3 is 15.5 Å². The number of nitrogens with zero attached hydrogens (tertiary/aromatic N) is 4. The zero-order chi connectivity index (χ0) is 19.9. The fourth-order valence-corrected chi connectivity index (χ4v) is 3.35. The van der Waals surface area contributed by atoms with E-state index in [-0.39, 0.29) is 18.4 Å². The lowest BCUT2D eigenvalue weighted by Gasteiger charge is -2.22. The van der Waals surface area contributed by atoms with Crippen molar-refractivity contribution in [3.63, 3.8) is 0 Å². The Morgan fingerprint density at radius 3 is 2.82 bits per heavy atom. The molecule has 2 N–H and O–H groups in total. The van der Waals surface area contributed by atoms with Crippen LogP contribution in [0.3, 0.4) is 0 Å². The molecule has 0 fully saturated rings. The van der Waals surface area contributed by atoms with Crippen LogP contribution in [0.15, 0.2) is 24.4 Å². The van der Waals surface area contributed by atoms with Gasteiger partial charge in [0.05, 0.1) is 18.3 Å². The van der Waals surface area contributed by atoms with Crippen molar-refractivity contribution >= 4 is 17.6 Å². The largest absolute Gasteiger partial charge is 0.368 e. The van der Waals surface area contributed by atoms with Gasteiger partial charge in [-0.15, -0.1) is 0 Å². The standard InChI is InChI=1S/C20H28N6O2/c1-3-26-15(2)17(13-23-26)20(28)25-12-5-4-7-16-8-6-9-18(24-16)21-10-11-22-19(27)14-25/h6,8-9,13H,3-5,7,10-12,14H2,1-2H3,(H,21,24)(H,22,27). The van der Waals surface area contributed by atoms with Crippen LogP contribution < -0.4 is 10.6 Å². The second kappa shape index (κ2) is 9.34. The van der Waals surface area contributed by atoms with Crippen LogP contribution in [0.25, 0.3) is 0 Å². The minimum absolute atomic E-state index is 0.0547. The van der Waals surface area contributed by atoms with Gasteiger partial charge in [-0.2, -0.15) is 5.10 Å². The third-order valence-electron chi connectivity index (χ3n) is 4.93. The number of pyridine rings is 1. The molecule has 2 aromatic rings. The number of rotatable bonds is 2. The number of carbonyl (C=O) groups is 2. The normalized spacial score (nSPS) is 16.1. The van der Waals surface area contributed by atoms with E-state index in [1.165, 1.54) is 0 Å². The number of hydrogen-bond donors (Lipinski definition) is 2. The van der Waals surface area contributed by atoms with Crippen molar-refractivity contribution in [2.75, 3.05) is 31.5 Å². The maximum absolute atomic E-state index is 13.0. The van der Waals surface area contributed by atoms with Crippen LogP contribution in [-0.4, -0.2) is 57.7 Å². The van der Waals surface area contributed by atoms with Crippen LogP contribution in [0.5, 0.6) is 0 Å². The first-order valence-corrected chi connectivity index (χ1v) is 9.86. The summed E-state index contributed by atoms with van der Waals surface area (Å²) < 4.78 is 1.79. The number of anilines is 1. The number of fused-ring (bicyclic) bond motifs is 2. The lowest BCUT2D eigenvalue weighted by Crippen LogP contribution is -2.42. The van der Waals surface area contributed by atoms with E-state index in [4.69, 9.17) is 0 Å². The molecule has 150 valence electrons. The molecule has 2 aromatic heterocycles. The highest BCUT2D eigenvalue weighted by molar-refractivity contribution is 5.97. The van der Waals surface area contributed by atoms with Crippen molar-refractivity contribution in [2.24, 2.45) is 0 Å². The van der Waals surface area contributed by atoms with Crippen LogP contribution in [0.4, 0.5) is 5.82 Å². The van der Waals surface area contributed by atoms with Gasteiger partial charge in [0, 0.05) is 37.6 Å². The lowest BCUT2D eigenvalue weighted by atomic mass is 10.1. The smallest absolute Gasteiger partial charge is 0.257 e. The second-order valence-corrected chi connectivity index (χ2v) is 6.93. The van der Waals surface area contributed by atoms with Crippen molar-refractivity contribution in [3.8, 4) is 0 Å². The van der Waals surface area contributed by atoms with Crippen molar-refractivity contribution in [1.29, 1.82) is 0 Å². The minimum Gasteiger partial charge on any atom is -0.368 e. The molecular weight excluding hydrogens is 356 g/mol. The Balaban J connectivity index is 1.73. The summed E-state index contributed by atoms with van der Waals surface area (Å²) >= 11 is 0. The first-order valence-electron chi connectivity index (χ1n) is 9.86. The summed E-state index contributed by atoms with van der Waals surface area (Å²) in [5, 5.41) is 10.3. The molecule has 3 heterocycles. The summed E-state index contributed by atoms with van der Waals surface area (Å²) in [6.45, 7) is 6.22. The van der Waals surface area contributed by atoms with Gasteiger partial charge >= 0.3 is 0 Å². The van der Waals surface area contributed by atoms with Crippen LogP contribution in [0, 0.1) is 6.92 Å². The van der Waals surface area contributed by atoms with Crippen molar-refractivity contribution in [3.05, 3.63) is 41.3 Å². The Labute approximate surface area is 165 Å². The van der Waals surface area contributed by atoms with Crippen LogP contribution >= 0.6 is 0 Å². The molecule has 0 atom stereocenters. The molecule has 8 heteroatoms. The van der Waals surface area contributed by atoms with Gasteiger partial charge in [0.1, 0.15) is 5.82 Å². The molecule has 0 spiro atoms. The molecule has 1 aliphatic heterocycles. The van der Waals surface area contributed by atoms with Gasteiger partial charge in [-0.25, -0.2) is 4.98 Å². The highest BCUT2D eigenvalue weighted by Crippen LogP contribution is 2.13. The van der Waals surface area contributed by atoms with E-state index in [9.17, 15) is 9.59 Å². The third kappa shape index (κ3) is 4.88. The maximum Gasteiger partial charge on any atom is 0.257 e. The third-order valence-corrected chi connectivity index (χ3v) is 4.93. The molecule has 0 aliphatic carbocycles. The molecule has 8 nitrogen and oxygen atoms in total. The Bertz CT molecular complexity index is 832. The average Bonchev–Trinajstić information content (AvgIpc) is 3.07. The van der Waals surface area contributed by atoms with E-state index < -0.39 is 0 Å². The van der Waals surface area contributed by atoms with E-state index in [0.717, 1.165) is 36.5 Å². The fourth-order valence-electron chi connectivity index (χ4n) is 3.35. The number of amides is 2. The number of aromatic nitrogens is 3. The van der Waals surface area contributed by atoms with Crippen molar-refractivity contribution < 1.29 is 9.59 Å². The summed E-state index contributed by atoms with van der Waals surface area (Å²) in [5.41, 5.74) is 2.42. The topological polar surface area (TPSA) is 92.2 Å². The molecule has 0 radical (unpaired) electrons. The predicted octanol–water partition coefficient (Wildman–Crippen LogP) is 1.61. The SMILES string of the molecule is CCn1ncc(C(=O)N2CCCCc3cccc(n3)NCCNC(=O)C2)c1C. The first-order chi connectivity index (χ1) is 13.6. The molecule has 2 amide bonds. The summed E-state index contributed by atoms with van der Waals surface area (Å²) in [6.07, 6.45) is 4.15. The highest BCUT2D eigenvalue weighted by atomic mass is 16.2. The van der Waals surface area contributed by atoms with Gasteiger partial charge in [-0.3, -0.25) is 14.3 Å². The number of hydrogen-bond acceptors (Lipinski definition) is 5. The van der Waals surface area contributed by atoms with Gasteiger partial charge in [0.25, 0.3) is 5.91 Å². The van der Waals surface area contributed by atoms with Crippen LogP contribution in [0.2, 0.25) is 0 Å². The van der Waals surface area contributed by atoms with E-state index >= 15 is 0 Å². The molecule has 3 rings (SSSR count). The summed E-state index contributed by atoms with van der Waals surface area (Å²) in [4.78, 5) is 31.6. The maximum atomic E-state index is 13.0. The Kier molecular flexibility index (Phi) is 6.62. The molecule has 2 bridgehead atoms. The van der Waals surface area contributed by atoms with E-state index in [1.54, 1.807) is 15.8 Å². The molecule has 28 heavy (non-hydrogen) atoms. The predicted molar refractivity (Wildman–Crippen MR) is 107 cm³/mol. The van der Waals surface area contributed by atoms with Gasteiger partial charge in [-0.05, 0) is 45.2 Å². The molecule has 0 saturated heterocycles. The quantitative estimate of drug-likeness (QED) is 0.821. The van der Waals surface area contributed by atoms with E-state index in [2.05, 4.69) is 20.7 Å². The van der Waals surface area contributed by atoms with Crippen molar-refractivity contribution in [1.82, 2.24) is 25.0 Å². The van der Waals surface area contributed by atoms with Crippen LogP contribution in [-0.2, 0) is 17.8 Å². The lowest BCUT2D eigenvalue weighted by molar-refractivity contribution is -0.121. The van der Waals surface area contributed by atoms with E-state index in [0.29, 0.717) is 31.7 Å². The average molecular weight is 384 g/mol.